The maximum atomic E-state index is 12.6. The lowest BCUT2D eigenvalue weighted by Gasteiger charge is -2.32. The quantitative estimate of drug-likeness (QED) is 0.791. The van der Waals surface area contributed by atoms with Gasteiger partial charge in [0.15, 0.2) is 0 Å². The molecule has 6 heteroatoms. The van der Waals surface area contributed by atoms with Crippen molar-refractivity contribution < 1.29 is 19.6 Å². The van der Waals surface area contributed by atoms with Crippen LogP contribution in [0.5, 0.6) is 0 Å². The standard InChI is InChI=1S/C16H21NO2.BH2O2/c1-15(2,3)13(18)17(14(19)16(4,5)6)12-8-7-10-9-11(10)12;2-1-3/h7-9H,1-6H3;2-3H. The minimum Gasteiger partial charge on any atom is -0.429 e. The number of hydrogen-bond donors (Lipinski definition) is 2. The van der Waals surface area contributed by atoms with Crippen molar-refractivity contribution in [3.63, 3.8) is 0 Å². The molecule has 0 saturated carbocycles. The second-order valence-electron chi connectivity index (χ2n) is 7.29. The van der Waals surface area contributed by atoms with E-state index in [-0.39, 0.29) is 19.5 Å². The van der Waals surface area contributed by atoms with Crippen LogP contribution < -0.4 is 4.90 Å². The molecule has 2 aliphatic rings. The molecule has 0 heterocycles. The van der Waals surface area contributed by atoms with E-state index in [0.717, 1.165) is 16.8 Å². The van der Waals surface area contributed by atoms with Gasteiger partial charge in [-0.1, -0.05) is 47.6 Å². The molecule has 0 unspecified atom stereocenters. The minimum absolute atomic E-state index is 0. The van der Waals surface area contributed by atoms with Crippen molar-refractivity contribution in [2.45, 2.75) is 41.5 Å². The van der Waals surface area contributed by atoms with Gasteiger partial charge in [-0.15, -0.1) is 0 Å². The van der Waals surface area contributed by atoms with Gasteiger partial charge in [-0.2, -0.15) is 0 Å². The molecule has 2 N–H and O–H groups in total. The molecule has 0 aliphatic heterocycles. The Hall–Kier alpha value is -1.66. The first-order chi connectivity index (χ1) is 9.95. The van der Waals surface area contributed by atoms with Crippen LogP contribution in [0.3, 0.4) is 0 Å². The zero-order valence-corrected chi connectivity index (χ0v) is 14.0. The van der Waals surface area contributed by atoms with Gasteiger partial charge in [-0.05, 0) is 17.7 Å². The fourth-order valence-corrected chi connectivity index (χ4v) is 1.91. The number of nitrogens with zero attached hydrogens (tertiary/aromatic N) is 1. The molecule has 0 aromatic carbocycles. The van der Waals surface area contributed by atoms with Gasteiger partial charge in [-0.3, -0.25) is 9.59 Å². The predicted molar refractivity (Wildman–Crippen MR) is 87.0 cm³/mol. The number of anilines is 1. The van der Waals surface area contributed by atoms with Gasteiger partial charge in [-0.25, -0.2) is 4.90 Å². The molecule has 0 fully saturated rings. The van der Waals surface area contributed by atoms with Gasteiger partial charge < -0.3 is 10.0 Å². The first-order valence-electron chi connectivity index (χ1n) is 7.08. The Kier molecular flexibility index (Phi) is 5.20. The van der Waals surface area contributed by atoms with E-state index in [0.29, 0.717) is 0 Å². The molecule has 2 amide bonds. The maximum absolute atomic E-state index is 12.6. The van der Waals surface area contributed by atoms with Gasteiger partial charge in [0.25, 0.3) is 0 Å². The van der Waals surface area contributed by atoms with Crippen LogP contribution in [0.1, 0.15) is 41.5 Å². The van der Waals surface area contributed by atoms with Crippen LogP contribution in [-0.4, -0.2) is 29.5 Å². The van der Waals surface area contributed by atoms with E-state index >= 15 is 0 Å². The third-order valence-corrected chi connectivity index (χ3v) is 3.15. The molecular formula is C16H23BNO4. The summed E-state index contributed by atoms with van der Waals surface area (Å²) in [4.78, 5) is 26.6. The molecule has 0 bridgehead atoms. The molecule has 0 aromatic heterocycles. The van der Waals surface area contributed by atoms with Gasteiger partial charge in [0.05, 0.1) is 5.69 Å². The Morgan fingerprint density at radius 1 is 0.955 bits per heavy atom. The molecule has 0 atom stereocenters. The number of rotatable bonds is 1. The zero-order valence-electron chi connectivity index (χ0n) is 14.0. The monoisotopic (exact) mass is 304 g/mol. The van der Waals surface area contributed by atoms with Crippen LogP contribution in [0.25, 0.3) is 11.1 Å². The Bertz CT molecular complexity index is 559. The van der Waals surface area contributed by atoms with Crippen molar-refractivity contribution in [1.29, 1.82) is 0 Å². The lowest BCUT2D eigenvalue weighted by atomic mass is 9.90. The number of carbonyl (C=O) groups is 2. The number of fused-ring (bicyclic) bond motifs is 1. The van der Waals surface area contributed by atoms with Crippen LogP contribution in [0, 0.1) is 10.8 Å². The van der Waals surface area contributed by atoms with E-state index in [1.165, 1.54) is 4.90 Å². The van der Waals surface area contributed by atoms with Gasteiger partial charge in [0.1, 0.15) is 0 Å². The van der Waals surface area contributed by atoms with Gasteiger partial charge in [0, 0.05) is 16.4 Å². The number of benzene rings is 1. The molecule has 0 spiro atoms. The van der Waals surface area contributed by atoms with E-state index in [4.69, 9.17) is 10.0 Å². The molecule has 0 aromatic rings. The number of imide groups is 1. The van der Waals surface area contributed by atoms with Crippen molar-refractivity contribution in [3.05, 3.63) is 18.2 Å². The van der Waals surface area contributed by atoms with E-state index < -0.39 is 10.8 Å². The second kappa shape index (κ2) is 6.22. The number of amides is 2. The van der Waals surface area contributed by atoms with E-state index in [1.54, 1.807) is 0 Å². The van der Waals surface area contributed by atoms with Crippen LogP contribution >= 0.6 is 0 Å². The fraction of sp³-hybridized carbons (Fsp3) is 0.500. The molecule has 119 valence electrons. The van der Waals surface area contributed by atoms with Crippen LogP contribution in [0.2, 0.25) is 0 Å². The van der Waals surface area contributed by atoms with Gasteiger partial charge in [0.2, 0.25) is 11.8 Å². The molecular weight excluding hydrogens is 281 g/mol. The lowest BCUT2D eigenvalue weighted by Crippen LogP contribution is -2.48. The highest BCUT2D eigenvalue weighted by Crippen LogP contribution is 2.45. The highest BCUT2D eigenvalue weighted by molar-refractivity contribution is 6.21. The molecule has 5 nitrogen and oxygen atoms in total. The third kappa shape index (κ3) is 3.96. The summed E-state index contributed by atoms with van der Waals surface area (Å²) in [6.45, 7) is 11.0. The van der Waals surface area contributed by atoms with E-state index in [2.05, 4.69) is 0 Å². The van der Waals surface area contributed by atoms with E-state index in [9.17, 15) is 9.59 Å². The smallest absolute Gasteiger partial charge is 0.429 e. The van der Waals surface area contributed by atoms with Crippen molar-refractivity contribution in [2.24, 2.45) is 10.8 Å². The van der Waals surface area contributed by atoms with Crippen LogP contribution in [-0.2, 0) is 9.59 Å². The van der Waals surface area contributed by atoms with Crippen LogP contribution in [0.15, 0.2) is 18.2 Å². The summed E-state index contributed by atoms with van der Waals surface area (Å²) in [7, 11) is 0. The minimum atomic E-state index is -0.583. The maximum Gasteiger partial charge on any atom is 0.482 e. The number of carbonyl (C=O) groups excluding carboxylic acids is 2. The highest BCUT2D eigenvalue weighted by atomic mass is 16.4. The summed E-state index contributed by atoms with van der Waals surface area (Å²) in [5.74, 6) is -0.303. The van der Waals surface area contributed by atoms with E-state index in [1.807, 2.05) is 59.7 Å². The number of hydrogen-bond acceptors (Lipinski definition) is 4. The fourth-order valence-electron chi connectivity index (χ4n) is 1.91. The normalized spacial score (nSPS) is 12.0. The Morgan fingerprint density at radius 2 is 1.36 bits per heavy atom. The Balaban J connectivity index is 0.000000745. The predicted octanol–water partition coefficient (Wildman–Crippen LogP) is 2.12. The topological polar surface area (TPSA) is 77.8 Å². The van der Waals surface area contributed by atoms with Crippen molar-refractivity contribution >= 4 is 25.2 Å². The SMILES string of the molecule is CC(C)(C)C(=O)N(C(=O)C(C)(C)C)c1ccc2cc1-2.O[B]O. The van der Waals surface area contributed by atoms with Crippen molar-refractivity contribution in [1.82, 2.24) is 0 Å². The third-order valence-electron chi connectivity index (χ3n) is 3.15. The summed E-state index contributed by atoms with van der Waals surface area (Å²) in [5.41, 5.74) is 1.72. The molecule has 2 rings (SSSR count). The first kappa shape index (κ1) is 18.4. The molecule has 22 heavy (non-hydrogen) atoms. The summed E-state index contributed by atoms with van der Waals surface area (Å²) >= 11 is 0. The lowest BCUT2D eigenvalue weighted by molar-refractivity contribution is -0.134. The highest BCUT2D eigenvalue weighted by Gasteiger charge is 2.40. The zero-order chi connectivity index (χ0) is 17.3. The molecule has 0 saturated heterocycles. The molecule has 1 radical (unpaired) electrons. The average molecular weight is 304 g/mol. The summed E-state index contributed by atoms with van der Waals surface area (Å²) < 4.78 is 0. The summed E-state index contributed by atoms with van der Waals surface area (Å²) in [6, 6.07) is 5.80. The Labute approximate surface area is 132 Å². The second-order valence-corrected chi connectivity index (χ2v) is 7.29. The Morgan fingerprint density at radius 3 is 1.59 bits per heavy atom. The molecule has 2 aliphatic carbocycles. The van der Waals surface area contributed by atoms with Crippen molar-refractivity contribution in [3.8, 4) is 11.1 Å². The summed E-state index contributed by atoms with van der Waals surface area (Å²) in [5, 5.41) is 14.0. The van der Waals surface area contributed by atoms with Crippen LogP contribution in [0.4, 0.5) is 5.69 Å². The largest absolute Gasteiger partial charge is 0.482 e. The van der Waals surface area contributed by atoms with Gasteiger partial charge >= 0.3 is 7.69 Å². The summed E-state index contributed by atoms with van der Waals surface area (Å²) in [6.07, 6.45) is 0. The van der Waals surface area contributed by atoms with Crippen molar-refractivity contribution in [2.75, 3.05) is 4.90 Å². The average Bonchev–Trinajstić information content (AvgIpc) is 3.02. The first-order valence-corrected chi connectivity index (χ1v) is 7.08.